The third-order valence-electron chi connectivity index (χ3n) is 3.36. The number of hydrogen-bond acceptors (Lipinski definition) is 4. The van der Waals surface area contributed by atoms with Crippen LogP contribution in [0, 0.1) is 0 Å². The average Bonchev–Trinajstić information content (AvgIpc) is 3.07. The van der Waals surface area contributed by atoms with E-state index in [1.807, 2.05) is 6.20 Å². The Hall–Kier alpha value is -2.14. The van der Waals surface area contributed by atoms with Crippen molar-refractivity contribution in [1.29, 1.82) is 0 Å². The number of rotatable bonds is 5. The lowest BCUT2D eigenvalue weighted by atomic mass is 10.1. The molecule has 0 saturated carbocycles. The number of nitrogens with zero attached hydrogens (tertiary/aromatic N) is 3. The van der Waals surface area contributed by atoms with Crippen LogP contribution in [0.2, 0.25) is 0 Å². The summed E-state index contributed by atoms with van der Waals surface area (Å²) in [6.45, 7) is 3.26. The Morgan fingerprint density at radius 1 is 1.30 bits per heavy atom. The van der Waals surface area contributed by atoms with Crippen molar-refractivity contribution in [3.8, 4) is 0 Å². The molecule has 0 radical (unpaired) electrons. The van der Waals surface area contributed by atoms with Crippen molar-refractivity contribution in [3.05, 3.63) is 47.7 Å². The second-order valence-electron chi connectivity index (χ2n) is 4.90. The number of nitrogens with two attached hydrogens (primary N) is 1. The Morgan fingerprint density at radius 2 is 2.20 bits per heavy atom. The van der Waals surface area contributed by atoms with Crippen LogP contribution in [0.5, 0.6) is 0 Å². The van der Waals surface area contributed by atoms with Gasteiger partial charge in [0, 0.05) is 24.7 Å². The van der Waals surface area contributed by atoms with Gasteiger partial charge in [-0.25, -0.2) is 0 Å². The first-order chi connectivity index (χ1) is 9.80. The summed E-state index contributed by atoms with van der Waals surface area (Å²) in [5.41, 5.74) is 7.95. The summed E-state index contributed by atoms with van der Waals surface area (Å²) < 4.78 is 7.39. The van der Waals surface area contributed by atoms with Crippen LogP contribution in [0.3, 0.4) is 0 Å². The lowest BCUT2D eigenvalue weighted by Crippen LogP contribution is -1.99. The predicted octanol–water partition coefficient (Wildman–Crippen LogP) is 2.48. The fourth-order valence-corrected chi connectivity index (χ4v) is 2.34. The number of benzene rings is 1. The Balaban J connectivity index is 1.86. The van der Waals surface area contributed by atoms with E-state index in [9.17, 15) is 0 Å². The zero-order valence-corrected chi connectivity index (χ0v) is 11.5. The quantitative estimate of drug-likeness (QED) is 0.773. The molecule has 0 fully saturated rings. The molecule has 3 aromatic rings. The lowest BCUT2D eigenvalue weighted by Gasteiger charge is -2.02. The van der Waals surface area contributed by atoms with Crippen molar-refractivity contribution >= 4 is 10.9 Å². The summed E-state index contributed by atoms with van der Waals surface area (Å²) in [7, 11) is 0. The topological polar surface area (TPSA) is 69.9 Å². The van der Waals surface area contributed by atoms with Gasteiger partial charge in [-0.2, -0.15) is 4.98 Å². The van der Waals surface area contributed by atoms with Gasteiger partial charge in [-0.05, 0) is 35.6 Å². The molecular weight excluding hydrogens is 252 g/mol. The minimum atomic E-state index is 0.561. The van der Waals surface area contributed by atoms with Gasteiger partial charge in [-0.3, -0.25) is 0 Å². The predicted molar refractivity (Wildman–Crippen MR) is 77.2 cm³/mol. The highest BCUT2D eigenvalue weighted by Crippen LogP contribution is 2.18. The first kappa shape index (κ1) is 12.9. The number of hydrogen-bond donors (Lipinski definition) is 1. The molecule has 2 aromatic heterocycles. The molecule has 0 bridgehead atoms. The summed E-state index contributed by atoms with van der Waals surface area (Å²) in [5.74, 6) is 1.43. The molecule has 0 spiro atoms. The van der Waals surface area contributed by atoms with Gasteiger partial charge in [0.25, 0.3) is 0 Å². The lowest BCUT2D eigenvalue weighted by molar-refractivity contribution is 0.367. The van der Waals surface area contributed by atoms with Gasteiger partial charge in [0.2, 0.25) is 5.89 Å². The zero-order chi connectivity index (χ0) is 13.9. The van der Waals surface area contributed by atoms with Crippen LogP contribution in [0.4, 0.5) is 0 Å². The minimum absolute atomic E-state index is 0.561. The Bertz CT molecular complexity index is 714. The number of aromatic nitrogens is 3. The molecule has 2 heterocycles. The molecule has 104 valence electrons. The van der Waals surface area contributed by atoms with Gasteiger partial charge < -0.3 is 14.8 Å². The van der Waals surface area contributed by atoms with E-state index in [1.165, 1.54) is 5.39 Å². The highest BCUT2D eigenvalue weighted by atomic mass is 16.5. The normalized spacial score (nSPS) is 11.3. The molecule has 1 aromatic carbocycles. The largest absolute Gasteiger partial charge is 0.338 e. The maximum atomic E-state index is 5.66. The van der Waals surface area contributed by atoms with E-state index in [4.69, 9.17) is 10.3 Å². The number of aryl methyl sites for hydroxylation is 1. The fourth-order valence-electron chi connectivity index (χ4n) is 2.34. The first-order valence-electron chi connectivity index (χ1n) is 6.89. The third kappa shape index (κ3) is 2.44. The summed E-state index contributed by atoms with van der Waals surface area (Å²) in [4.78, 5) is 4.40. The second-order valence-corrected chi connectivity index (χ2v) is 4.90. The van der Waals surface area contributed by atoms with E-state index < -0.39 is 0 Å². The first-order valence-corrected chi connectivity index (χ1v) is 6.89. The van der Waals surface area contributed by atoms with Gasteiger partial charge in [0.15, 0.2) is 5.82 Å². The standard InChI is InChI=1S/C15H18N4O/c1-2-3-14-17-15(20-18-14)10-19-7-6-12-8-11(9-16)4-5-13(12)19/h4-8H,2-3,9-10,16H2,1H3. The Labute approximate surface area is 117 Å². The van der Waals surface area contributed by atoms with Crippen LogP contribution in [0.25, 0.3) is 10.9 Å². The van der Waals surface area contributed by atoms with Crippen molar-refractivity contribution in [2.45, 2.75) is 32.9 Å². The van der Waals surface area contributed by atoms with Crippen LogP contribution in [0.15, 0.2) is 35.0 Å². The smallest absolute Gasteiger partial charge is 0.246 e. The van der Waals surface area contributed by atoms with E-state index in [0.717, 1.165) is 29.7 Å². The molecule has 0 unspecified atom stereocenters. The van der Waals surface area contributed by atoms with Crippen LogP contribution >= 0.6 is 0 Å². The van der Waals surface area contributed by atoms with Crippen LogP contribution in [-0.2, 0) is 19.5 Å². The molecule has 3 rings (SSSR count). The molecule has 0 saturated heterocycles. The highest BCUT2D eigenvalue weighted by Gasteiger charge is 2.08. The van der Waals surface area contributed by atoms with Gasteiger partial charge in [0.1, 0.15) is 6.54 Å². The van der Waals surface area contributed by atoms with E-state index in [1.54, 1.807) is 0 Å². The molecule has 0 aliphatic carbocycles. The van der Waals surface area contributed by atoms with Crippen molar-refractivity contribution < 1.29 is 4.52 Å². The fraction of sp³-hybridized carbons (Fsp3) is 0.333. The molecular formula is C15H18N4O. The molecule has 0 aliphatic rings. The summed E-state index contributed by atoms with van der Waals surface area (Å²) in [6, 6.07) is 8.33. The number of fused-ring (bicyclic) bond motifs is 1. The molecule has 2 N–H and O–H groups in total. The Kier molecular flexibility index (Phi) is 3.52. The Morgan fingerprint density at radius 3 is 3.00 bits per heavy atom. The van der Waals surface area contributed by atoms with Crippen molar-refractivity contribution in [1.82, 2.24) is 14.7 Å². The van der Waals surface area contributed by atoms with Crippen LogP contribution in [0.1, 0.15) is 30.6 Å². The van der Waals surface area contributed by atoms with Gasteiger partial charge >= 0.3 is 0 Å². The molecule has 5 heteroatoms. The van der Waals surface area contributed by atoms with Gasteiger partial charge in [-0.15, -0.1) is 0 Å². The highest BCUT2D eigenvalue weighted by molar-refractivity contribution is 5.80. The third-order valence-corrected chi connectivity index (χ3v) is 3.36. The van der Waals surface area contributed by atoms with Crippen LogP contribution in [-0.4, -0.2) is 14.7 Å². The van der Waals surface area contributed by atoms with Crippen molar-refractivity contribution in [3.63, 3.8) is 0 Å². The molecule has 0 amide bonds. The van der Waals surface area contributed by atoms with E-state index in [-0.39, 0.29) is 0 Å². The van der Waals surface area contributed by atoms with Crippen molar-refractivity contribution in [2.24, 2.45) is 5.73 Å². The van der Waals surface area contributed by atoms with Gasteiger partial charge in [-0.1, -0.05) is 18.1 Å². The van der Waals surface area contributed by atoms with Crippen molar-refractivity contribution in [2.75, 3.05) is 0 Å². The summed E-state index contributed by atoms with van der Waals surface area (Å²) in [6.07, 6.45) is 3.91. The van der Waals surface area contributed by atoms with E-state index >= 15 is 0 Å². The molecule has 0 atom stereocenters. The van der Waals surface area contributed by atoms with Crippen LogP contribution < -0.4 is 5.73 Å². The zero-order valence-electron chi connectivity index (χ0n) is 11.5. The molecule has 20 heavy (non-hydrogen) atoms. The molecule has 5 nitrogen and oxygen atoms in total. The monoisotopic (exact) mass is 270 g/mol. The van der Waals surface area contributed by atoms with E-state index in [2.05, 4.69) is 45.9 Å². The van der Waals surface area contributed by atoms with E-state index in [0.29, 0.717) is 19.0 Å². The second kappa shape index (κ2) is 5.46. The summed E-state index contributed by atoms with van der Waals surface area (Å²) >= 11 is 0. The summed E-state index contributed by atoms with van der Waals surface area (Å²) in [5, 5.41) is 5.16. The average molecular weight is 270 g/mol. The van der Waals surface area contributed by atoms with Gasteiger partial charge in [0.05, 0.1) is 0 Å². The minimum Gasteiger partial charge on any atom is -0.338 e. The molecule has 0 aliphatic heterocycles. The maximum Gasteiger partial charge on any atom is 0.246 e. The SMILES string of the molecule is CCCc1noc(Cn2ccc3cc(CN)ccc32)n1. The maximum absolute atomic E-state index is 5.66.